The highest BCUT2D eigenvalue weighted by Crippen LogP contribution is 2.25. The first-order valence-corrected chi connectivity index (χ1v) is 9.13. The Balaban J connectivity index is 1.50. The van der Waals surface area contributed by atoms with Gasteiger partial charge in [0, 0.05) is 11.6 Å². The SMILES string of the molecule is O=C(COc1ccc(-c2ccccc2)cc1)NNC(=O)c1ccc(Cl)c([N+](=O)[O-])c1. The zero-order valence-electron chi connectivity index (χ0n) is 15.5. The molecule has 3 aromatic rings. The molecule has 0 aliphatic rings. The maximum Gasteiger partial charge on any atom is 0.288 e. The molecule has 0 unspecified atom stereocenters. The summed E-state index contributed by atoms with van der Waals surface area (Å²) < 4.78 is 5.39. The van der Waals surface area contributed by atoms with E-state index in [1.807, 2.05) is 42.5 Å². The van der Waals surface area contributed by atoms with Gasteiger partial charge in [0.25, 0.3) is 17.5 Å². The van der Waals surface area contributed by atoms with Gasteiger partial charge in [-0.25, -0.2) is 0 Å². The van der Waals surface area contributed by atoms with Crippen molar-refractivity contribution in [1.29, 1.82) is 0 Å². The van der Waals surface area contributed by atoms with Crippen molar-refractivity contribution >= 4 is 29.1 Å². The van der Waals surface area contributed by atoms with Gasteiger partial charge in [-0.05, 0) is 35.4 Å². The number of rotatable bonds is 6. The number of nitrogens with zero attached hydrogens (tertiary/aromatic N) is 1. The normalized spacial score (nSPS) is 10.2. The van der Waals surface area contributed by atoms with Crippen LogP contribution in [0, 0.1) is 10.1 Å². The third kappa shape index (κ3) is 5.33. The first kappa shape index (κ1) is 20.8. The number of hydrazine groups is 1. The highest BCUT2D eigenvalue weighted by atomic mass is 35.5. The van der Waals surface area contributed by atoms with Crippen LogP contribution in [0.25, 0.3) is 11.1 Å². The molecule has 8 nitrogen and oxygen atoms in total. The molecule has 3 rings (SSSR count). The van der Waals surface area contributed by atoms with E-state index in [4.69, 9.17) is 16.3 Å². The number of nitro groups is 1. The number of benzene rings is 3. The minimum absolute atomic E-state index is 0.0242. The van der Waals surface area contributed by atoms with Crippen molar-refractivity contribution in [3.63, 3.8) is 0 Å². The third-order valence-electron chi connectivity index (χ3n) is 4.05. The highest BCUT2D eigenvalue weighted by Gasteiger charge is 2.16. The summed E-state index contributed by atoms with van der Waals surface area (Å²) in [7, 11) is 0. The van der Waals surface area contributed by atoms with Crippen LogP contribution in [0.1, 0.15) is 10.4 Å². The average molecular weight is 426 g/mol. The number of amides is 2. The summed E-state index contributed by atoms with van der Waals surface area (Å²) in [6.07, 6.45) is 0. The van der Waals surface area contributed by atoms with Crippen LogP contribution in [0.15, 0.2) is 72.8 Å². The molecule has 152 valence electrons. The van der Waals surface area contributed by atoms with Crippen LogP contribution in [0.2, 0.25) is 5.02 Å². The molecular weight excluding hydrogens is 410 g/mol. The van der Waals surface area contributed by atoms with Gasteiger partial charge in [0.05, 0.1) is 4.92 Å². The molecule has 0 aliphatic carbocycles. The number of nitrogens with one attached hydrogen (secondary N) is 2. The molecule has 9 heteroatoms. The first-order valence-electron chi connectivity index (χ1n) is 8.75. The minimum Gasteiger partial charge on any atom is -0.484 e. The lowest BCUT2D eigenvalue weighted by Crippen LogP contribution is -2.43. The summed E-state index contributed by atoms with van der Waals surface area (Å²) in [5, 5.41) is 10.8. The second kappa shape index (κ2) is 9.53. The van der Waals surface area contributed by atoms with E-state index >= 15 is 0 Å². The first-order chi connectivity index (χ1) is 14.4. The smallest absolute Gasteiger partial charge is 0.288 e. The molecule has 2 N–H and O–H groups in total. The van der Waals surface area contributed by atoms with Gasteiger partial charge in [-0.3, -0.25) is 30.6 Å². The van der Waals surface area contributed by atoms with Crippen LogP contribution >= 0.6 is 11.6 Å². The maximum atomic E-state index is 12.0. The van der Waals surface area contributed by atoms with Gasteiger partial charge in [-0.1, -0.05) is 54.1 Å². The van der Waals surface area contributed by atoms with E-state index in [0.717, 1.165) is 17.2 Å². The lowest BCUT2D eigenvalue weighted by Gasteiger charge is -2.09. The molecule has 0 atom stereocenters. The zero-order chi connectivity index (χ0) is 21.5. The number of hydrogen-bond donors (Lipinski definition) is 2. The molecule has 0 aromatic heterocycles. The van der Waals surface area contributed by atoms with E-state index in [2.05, 4.69) is 10.9 Å². The standard InChI is InChI=1S/C21H16ClN3O5/c22-18-11-8-16(12-19(18)25(28)29)21(27)24-23-20(26)13-30-17-9-6-15(7-10-17)14-4-2-1-3-5-14/h1-12H,13H2,(H,23,26)(H,24,27). The van der Waals surface area contributed by atoms with Crippen LogP contribution in [0.3, 0.4) is 0 Å². The van der Waals surface area contributed by atoms with Gasteiger partial charge in [0.1, 0.15) is 10.8 Å². The van der Waals surface area contributed by atoms with E-state index in [9.17, 15) is 19.7 Å². The zero-order valence-corrected chi connectivity index (χ0v) is 16.3. The number of carbonyl (C=O) groups is 2. The molecule has 0 spiro atoms. The second-order valence-corrected chi connectivity index (χ2v) is 6.51. The maximum absolute atomic E-state index is 12.0. The molecule has 0 bridgehead atoms. The van der Waals surface area contributed by atoms with Crippen LogP contribution in [0.4, 0.5) is 5.69 Å². The summed E-state index contributed by atoms with van der Waals surface area (Å²) in [4.78, 5) is 34.1. The number of hydrogen-bond acceptors (Lipinski definition) is 5. The Hall–Kier alpha value is -3.91. The van der Waals surface area contributed by atoms with E-state index in [0.29, 0.717) is 5.75 Å². The van der Waals surface area contributed by atoms with E-state index in [1.165, 1.54) is 12.1 Å². The van der Waals surface area contributed by atoms with Gasteiger partial charge in [-0.2, -0.15) is 0 Å². The Kier molecular flexibility index (Phi) is 6.61. The molecule has 0 heterocycles. The average Bonchev–Trinajstić information content (AvgIpc) is 2.77. The monoisotopic (exact) mass is 425 g/mol. The predicted octanol–water partition coefficient (Wildman–Crippen LogP) is 3.76. The molecule has 0 radical (unpaired) electrons. The fourth-order valence-electron chi connectivity index (χ4n) is 2.55. The second-order valence-electron chi connectivity index (χ2n) is 6.10. The lowest BCUT2D eigenvalue weighted by atomic mass is 10.1. The molecule has 30 heavy (non-hydrogen) atoms. The van der Waals surface area contributed by atoms with Gasteiger partial charge >= 0.3 is 0 Å². The van der Waals surface area contributed by atoms with Crippen molar-refractivity contribution in [3.8, 4) is 16.9 Å². The van der Waals surface area contributed by atoms with E-state index in [1.54, 1.807) is 12.1 Å². The van der Waals surface area contributed by atoms with Crippen LogP contribution in [-0.4, -0.2) is 23.3 Å². The Labute approximate surface area is 176 Å². The predicted molar refractivity (Wildman–Crippen MR) is 111 cm³/mol. The lowest BCUT2D eigenvalue weighted by molar-refractivity contribution is -0.384. The molecule has 0 saturated carbocycles. The Morgan fingerprint density at radius 1 is 0.933 bits per heavy atom. The minimum atomic E-state index is -0.727. The van der Waals surface area contributed by atoms with Gasteiger partial charge in [-0.15, -0.1) is 0 Å². The number of ether oxygens (including phenoxy) is 1. The van der Waals surface area contributed by atoms with Gasteiger partial charge in [0.2, 0.25) is 0 Å². The Morgan fingerprint density at radius 2 is 1.60 bits per heavy atom. The number of nitro benzene ring substituents is 1. The van der Waals surface area contributed by atoms with Crippen molar-refractivity contribution < 1.29 is 19.2 Å². The van der Waals surface area contributed by atoms with E-state index in [-0.39, 0.29) is 17.2 Å². The van der Waals surface area contributed by atoms with Crippen molar-refractivity contribution in [1.82, 2.24) is 10.9 Å². The van der Waals surface area contributed by atoms with Crippen molar-refractivity contribution in [2.75, 3.05) is 6.61 Å². The van der Waals surface area contributed by atoms with Crippen molar-refractivity contribution in [2.45, 2.75) is 0 Å². The molecule has 0 aliphatic heterocycles. The molecule has 3 aromatic carbocycles. The molecule has 0 saturated heterocycles. The van der Waals surface area contributed by atoms with E-state index < -0.39 is 22.4 Å². The summed E-state index contributed by atoms with van der Waals surface area (Å²) in [5.74, 6) is -0.834. The number of carbonyl (C=O) groups excluding carboxylic acids is 2. The topological polar surface area (TPSA) is 111 Å². The third-order valence-corrected chi connectivity index (χ3v) is 4.37. The van der Waals surface area contributed by atoms with Crippen LogP contribution in [-0.2, 0) is 4.79 Å². The Bertz CT molecular complexity index is 1070. The summed E-state index contributed by atoms with van der Waals surface area (Å²) in [6.45, 7) is -0.328. The largest absolute Gasteiger partial charge is 0.484 e. The molecular formula is C21H16ClN3O5. The molecule has 0 fully saturated rings. The summed E-state index contributed by atoms with van der Waals surface area (Å²) in [6, 6.07) is 20.6. The highest BCUT2D eigenvalue weighted by molar-refractivity contribution is 6.32. The number of halogens is 1. The van der Waals surface area contributed by atoms with Gasteiger partial charge < -0.3 is 4.74 Å². The van der Waals surface area contributed by atoms with Gasteiger partial charge in [0.15, 0.2) is 6.61 Å². The molecule has 2 amide bonds. The fourth-order valence-corrected chi connectivity index (χ4v) is 2.74. The van der Waals surface area contributed by atoms with Crippen LogP contribution in [0.5, 0.6) is 5.75 Å². The van der Waals surface area contributed by atoms with Crippen molar-refractivity contribution in [3.05, 3.63) is 93.5 Å². The van der Waals surface area contributed by atoms with Crippen molar-refractivity contribution in [2.24, 2.45) is 0 Å². The quantitative estimate of drug-likeness (QED) is 0.461. The van der Waals surface area contributed by atoms with Crippen LogP contribution < -0.4 is 15.6 Å². The fraction of sp³-hybridized carbons (Fsp3) is 0.0476. The summed E-state index contributed by atoms with van der Waals surface area (Å²) in [5.41, 5.74) is 6.00. The Morgan fingerprint density at radius 3 is 2.27 bits per heavy atom. The summed E-state index contributed by atoms with van der Waals surface area (Å²) >= 11 is 5.71.